The zero-order valence-corrected chi connectivity index (χ0v) is 43.2. The summed E-state index contributed by atoms with van der Waals surface area (Å²) in [6, 6.07) is -0.743. The van der Waals surface area contributed by atoms with Crippen molar-refractivity contribution in [2.24, 2.45) is 0 Å². The van der Waals surface area contributed by atoms with E-state index < -0.39 is 18.2 Å². The molecule has 0 rings (SSSR count). The maximum absolute atomic E-state index is 12.5. The highest BCUT2D eigenvalue weighted by Crippen LogP contribution is 2.17. The van der Waals surface area contributed by atoms with Gasteiger partial charge in [0.15, 0.2) is 0 Å². The number of rotatable bonds is 53. The lowest BCUT2D eigenvalue weighted by atomic mass is 10.0. The Hall–Kier alpha value is -1.43. The number of allylic oxidation sites excluding steroid dienone is 5. The molecule has 0 aromatic carbocycles. The second kappa shape index (κ2) is 54.2. The van der Waals surface area contributed by atoms with E-state index >= 15 is 0 Å². The molecule has 0 saturated heterocycles. The van der Waals surface area contributed by atoms with E-state index in [0.717, 1.165) is 32.1 Å². The molecule has 0 aliphatic carbocycles. The average molecular weight is 901 g/mol. The Labute approximate surface area is 400 Å². The van der Waals surface area contributed by atoms with Crippen molar-refractivity contribution in [3.8, 4) is 0 Å². The van der Waals surface area contributed by atoms with E-state index in [9.17, 15) is 20.1 Å². The maximum Gasteiger partial charge on any atom is 0.222 e. The van der Waals surface area contributed by atoms with Crippen LogP contribution in [0.1, 0.15) is 309 Å². The van der Waals surface area contributed by atoms with Gasteiger partial charge in [0, 0.05) is 0 Å². The Morgan fingerprint density at radius 2 is 0.703 bits per heavy atom. The maximum atomic E-state index is 12.5. The lowest BCUT2D eigenvalue weighted by Crippen LogP contribution is -2.45. The highest BCUT2D eigenvalue weighted by Gasteiger charge is 2.20. The lowest BCUT2D eigenvalue weighted by molar-refractivity contribution is -0.124. The Balaban J connectivity index is 3.47. The van der Waals surface area contributed by atoms with Crippen LogP contribution in [0.3, 0.4) is 0 Å². The molecule has 0 aliphatic heterocycles. The first-order valence-electron chi connectivity index (χ1n) is 28.8. The Morgan fingerprint density at radius 3 is 1.03 bits per heavy atom. The summed E-state index contributed by atoms with van der Waals surface area (Å²) in [6.07, 6.45) is 70.7. The van der Waals surface area contributed by atoms with Crippen molar-refractivity contribution in [1.82, 2.24) is 5.32 Å². The van der Waals surface area contributed by atoms with Crippen LogP contribution in [0, 0.1) is 0 Å². The molecule has 378 valence electrons. The number of nitrogens with one attached hydrogen (secondary N) is 1. The fraction of sp³-hybridized carbons (Fsp3) is 0.881. The Kier molecular flexibility index (Phi) is 53.0. The van der Waals surface area contributed by atoms with Crippen LogP contribution in [-0.2, 0) is 4.79 Å². The number of carbonyl (C=O) groups excluding carboxylic acids is 1. The van der Waals surface area contributed by atoms with Crippen LogP contribution < -0.4 is 5.32 Å². The van der Waals surface area contributed by atoms with Gasteiger partial charge in [-0.2, -0.15) is 0 Å². The van der Waals surface area contributed by atoms with Crippen LogP contribution in [-0.4, -0.2) is 46.1 Å². The van der Waals surface area contributed by atoms with Gasteiger partial charge in [0.05, 0.1) is 31.3 Å². The van der Waals surface area contributed by atoms with Gasteiger partial charge in [0.2, 0.25) is 5.91 Å². The van der Waals surface area contributed by atoms with Crippen LogP contribution >= 0.6 is 0 Å². The highest BCUT2D eigenvalue weighted by atomic mass is 16.3. The summed E-state index contributed by atoms with van der Waals surface area (Å²) in [5, 5.41) is 33.3. The monoisotopic (exact) mass is 900 g/mol. The molecular formula is C59H113NO4. The van der Waals surface area contributed by atoms with Crippen LogP contribution in [0.5, 0.6) is 0 Å². The fourth-order valence-electron chi connectivity index (χ4n) is 9.02. The highest BCUT2D eigenvalue weighted by molar-refractivity contribution is 5.76. The van der Waals surface area contributed by atoms with Crippen molar-refractivity contribution in [2.75, 3.05) is 6.61 Å². The standard InChI is InChI=1S/C59H113NO4/c1-3-5-7-9-11-13-15-17-18-19-20-21-22-23-24-25-26-27-28-29-30-31-32-33-34-35-36-37-38-39-40-41-42-44-46-48-50-52-56(62)54-59(64)60-57(55-61)58(63)53-51-49-47-45-43-16-14-12-10-8-6-4-2/h26-27,29-30,51,53,56-58,61-63H,3-25,28,31-50,52,54-55H2,1-2H3,(H,60,64)/b27-26-,30-29-,53-51+. The zero-order chi connectivity index (χ0) is 46.5. The second-order valence-corrected chi connectivity index (χ2v) is 19.9. The topological polar surface area (TPSA) is 89.8 Å². The number of aliphatic hydroxyl groups excluding tert-OH is 3. The van der Waals surface area contributed by atoms with E-state index in [0.29, 0.717) is 6.42 Å². The normalized spacial score (nSPS) is 13.5. The van der Waals surface area contributed by atoms with Gasteiger partial charge >= 0.3 is 0 Å². The van der Waals surface area contributed by atoms with Crippen molar-refractivity contribution >= 4 is 5.91 Å². The minimum absolute atomic E-state index is 0.0149. The van der Waals surface area contributed by atoms with E-state index in [1.54, 1.807) is 6.08 Å². The number of unbranched alkanes of at least 4 members (excludes halogenated alkanes) is 40. The summed E-state index contributed by atoms with van der Waals surface area (Å²) in [7, 11) is 0. The molecule has 0 heterocycles. The molecule has 3 unspecified atom stereocenters. The first kappa shape index (κ1) is 62.6. The number of aliphatic hydroxyl groups is 3. The van der Waals surface area contributed by atoms with Gasteiger partial charge < -0.3 is 20.6 Å². The first-order chi connectivity index (χ1) is 31.5. The summed E-state index contributed by atoms with van der Waals surface area (Å²) in [6.45, 7) is 4.22. The summed E-state index contributed by atoms with van der Waals surface area (Å²) in [5.41, 5.74) is 0. The molecule has 0 aliphatic rings. The number of hydrogen-bond donors (Lipinski definition) is 4. The quantitative estimate of drug-likeness (QED) is 0.0362. The third kappa shape index (κ3) is 50.0. The molecule has 0 saturated carbocycles. The predicted molar refractivity (Wildman–Crippen MR) is 282 cm³/mol. The second-order valence-electron chi connectivity index (χ2n) is 19.9. The first-order valence-corrected chi connectivity index (χ1v) is 28.8. The largest absolute Gasteiger partial charge is 0.394 e. The van der Waals surface area contributed by atoms with E-state index in [-0.39, 0.29) is 18.9 Å². The molecule has 5 nitrogen and oxygen atoms in total. The predicted octanol–water partition coefficient (Wildman–Crippen LogP) is 17.8. The smallest absolute Gasteiger partial charge is 0.222 e. The Morgan fingerprint density at radius 1 is 0.406 bits per heavy atom. The zero-order valence-electron chi connectivity index (χ0n) is 43.2. The summed E-state index contributed by atoms with van der Waals surface area (Å²) >= 11 is 0. The molecule has 3 atom stereocenters. The van der Waals surface area contributed by atoms with Gasteiger partial charge in [0.25, 0.3) is 0 Å². The van der Waals surface area contributed by atoms with Gasteiger partial charge in [-0.1, -0.05) is 288 Å². The van der Waals surface area contributed by atoms with Gasteiger partial charge in [-0.15, -0.1) is 0 Å². The minimum atomic E-state index is -0.927. The summed E-state index contributed by atoms with van der Waals surface area (Å²) in [5.74, 6) is -0.314. The van der Waals surface area contributed by atoms with Crippen LogP contribution in [0.2, 0.25) is 0 Å². The van der Waals surface area contributed by atoms with Gasteiger partial charge in [0.1, 0.15) is 0 Å². The van der Waals surface area contributed by atoms with Crippen molar-refractivity contribution in [3.05, 3.63) is 36.5 Å². The molecule has 1 amide bonds. The SMILES string of the molecule is CCCCCCCCCCCC/C=C/C(O)C(CO)NC(=O)CC(O)CCCCCCCCCCCCCCCCC/C=C\C/C=C\CCCCCCCCCCCCCCCCC. The number of carbonyl (C=O) groups is 1. The molecule has 64 heavy (non-hydrogen) atoms. The summed E-state index contributed by atoms with van der Waals surface area (Å²) < 4.78 is 0. The van der Waals surface area contributed by atoms with E-state index in [4.69, 9.17) is 0 Å². The third-order valence-electron chi connectivity index (χ3n) is 13.4. The molecule has 0 spiro atoms. The van der Waals surface area contributed by atoms with E-state index in [1.165, 1.54) is 250 Å². The average Bonchev–Trinajstić information content (AvgIpc) is 3.29. The molecule has 5 heteroatoms. The minimum Gasteiger partial charge on any atom is -0.394 e. The molecular weight excluding hydrogens is 787 g/mol. The van der Waals surface area contributed by atoms with Crippen molar-refractivity contribution in [2.45, 2.75) is 327 Å². The fourth-order valence-corrected chi connectivity index (χ4v) is 9.02. The molecule has 0 fully saturated rings. The molecule has 4 N–H and O–H groups in total. The van der Waals surface area contributed by atoms with Crippen LogP contribution in [0.15, 0.2) is 36.5 Å². The Bertz CT molecular complexity index is 993. The van der Waals surface area contributed by atoms with Crippen LogP contribution in [0.25, 0.3) is 0 Å². The van der Waals surface area contributed by atoms with Gasteiger partial charge in [-0.05, 0) is 51.4 Å². The molecule has 0 radical (unpaired) electrons. The summed E-state index contributed by atoms with van der Waals surface area (Å²) in [4.78, 5) is 12.5. The third-order valence-corrected chi connectivity index (χ3v) is 13.4. The number of hydrogen-bond acceptors (Lipinski definition) is 4. The van der Waals surface area contributed by atoms with Crippen molar-refractivity contribution < 1.29 is 20.1 Å². The molecule has 0 aromatic heterocycles. The molecule has 0 bridgehead atoms. The van der Waals surface area contributed by atoms with Crippen molar-refractivity contribution in [1.29, 1.82) is 0 Å². The van der Waals surface area contributed by atoms with E-state index in [2.05, 4.69) is 43.5 Å². The van der Waals surface area contributed by atoms with E-state index in [1.807, 2.05) is 6.08 Å². The molecule has 0 aromatic rings. The van der Waals surface area contributed by atoms with Gasteiger partial charge in [-0.3, -0.25) is 4.79 Å². The lowest BCUT2D eigenvalue weighted by Gasteiger charge is -2.21. The van der Waals surface area contributed by atoms with Crippen LogP contribution in [0.4, 0.5) is 0 Å². The van der Waals surface area contributed by atoms with Gasteiger partial charge in [-0.25, -0.2) is 0 Å². The van der Waals surface area contributed by atoms with Crippen molar-refractivity contribution in [3.63, 3.8) is 0 Å². The number of amides is 1.